The van der Waals surface area contributed by atoms with Gasteiger partial charge in [0.15, 0.2) is 5.69 Å². The van der Waals surface area contributed by atoms with E-state index in [4.69, 9.17) is 5.11 Å². The van der Waals surface area contributed by atoms with Crippen LogP contribution < -0.4 is 4.74 Å². The van der Waals surface area contributed by atoms with Crippen LogP contribution in [0.25, 0.3) is 5.65 Å². The largest absolute Gasteiger partial charge is 0.573 e. The molecule has 96 valence electrons. The van der Waals surface area contributed by atoms with Crippen LogP contribution in [0.2, 0.25) is 0 Å². The molecule has 0 saturated heterocycles. The van der Waals surface area contributed by atoms with Crippen LogP contribution in [0.3, 0.4) is 0 Å². The fraction of sp³-hybridized carbons (Fsp3) is 0.200. The first kappa shape index (κ1) is 12.2. The fourth-order valence-electron chi connectivity index (χ4n) is 1.59. The lowest BCUT2D eigenvalue weighted by Gasteiger charge is -2.09. The molecule has 5 nitrogen and oxygen atoms in total. The number of carboxylic acid groups (broad SMARTS) is 1. The molecule has 0 atom stereocenters. The van der Waals surface area contributed by atoms with E-state index in [9.17, 15) is 18.0 Å². The van der Waals surface area contributed by atoms with Crippen molar-refractivity contribution in [1.29, 1.82) is 0 Å². The van der Waals surface area contributed by atoms with Crippen LogP contribution >= 0.6 is 0 Å². The lowest BCUT2D eigenvalue weighted by molar-refractivity contribution is -0.274. The first-order valence-electron chi connectivity index (χ1n) is 4.75. The van der Waals surface area contributed by atoms with Crippen molar-refractivity contribution >= 4 is 11.6 Å². The molecule has 2 rings (SSSR count). The van der Waals surface area contributed by atoms with Gasteiger partial charge in [0.1, 0.15) is 11.4 Å². The number of carbonyl (C=O) groups is 1. The van der Waals surface area contributed by atoms with Gasteiger partial charge in [0.25, 0.3) is 0 Å². The smallest absolute Gasteiger partial charge is 0.477 e. The molecule has 0 saturated carbocycles. The number of halogens is 3. The predicted molar refractivity (Wildman–Crippen MR) is 53.6 cm³/mol. The molecule has 0 radical (unpaired) electrons. The average molecular weight is 260 g/mol. The number of imidazole rings is 1. The molecule has 0 aliphatic carbocycles. The van der Waals surface area contributed by atoms with E-state index in [0.717, 1.165) is 16.7 Å². The Bertz CT molecular complexity index is 619. The van der Waals surface area contributed by atoms with E-state index in [1.54, 1.807) is 0 Å². The summed E-state index contributed by atoms with van der Waals surface area (Å²) in [6.45, 7) is 1.46. The van der Waals surface area contributed by atoms with E-state index in [0.29, 0.717) is 0 Å². The second-order valence-electron chi connectivity index (χ2n) is 3.49. The Morgan fingerprint density at radius 2 is 2.11 bits per heavy atom. The number of aromatic nitrogens is 2. The van der Waals surface area contributed by atoms with Gasteiger partial charge >= 0.3 is 12.3 Å². The summed E-state index contributed by atoms with van der Waals surface area (Å²) >= 11 is 0. The van der Waals surface area contributed by atoms with Gasteiger partial charge in [0.05, 0.1) is 11.9 Å². The molecule has 0 unspecified atom stereocenters. The molecule has 0 fully saturated rings. The molecule has 0 spiro atoms. The van der Waals surface area contributed by atoms with Gasteiger partial charge in [0, 0.05) is 0 Å². The summed E-state index contributed by atoms with van der Waals surface area (Å²) < 4.78 is 40.9. The lowest BCUT2D eigenvalue weighted by atomic mass is 10.3. The van der Waals surface area contributed by atoms with Crippen LogP contribution in [0.4, 0.5) is 13.2 Å². The number of hydrogen-bond donors (Lipinski definition) is 1. The normalized spacial score (nSPS) is 11.8. The van der Waals surface area contributed by atoms with E-state index < -0.39 is 18.1 Å². The first-order chi connectivity index (χ1) is 8.28. The fourth-order valence-corrected chi connectivity index (χ4v) is 1.59. The minimum absolute atomic E-state index is 0.197. The van der Waals surface area contributed by atoms with E-state index in [1.165, 1.54) is 13.0 Å². The summed E-state index contributed by atoms with van der Waals surface area (Å²) in [5.41, 5.74) is 0.253. The molecule has 0 aromatic carbocycles. The summed E-state index contributed by atoms with van der Waals surface area (Å²) in [6.07, 6.45) is -3.89. The third-order valence-electron chi connectivity index (χ3n) is 2.20. The highest BCUT2D eigenvalue weighted by Crippen LogP contribution is 2.24. The summed E-state index contributed by atoms with van der Waals surface area (Å²) in [5, 5.41) is 8.95. The van der Waals surface area contributed by atoms with Gasteiger partial charge in [-0.3, -0.25) is 4.40 Å². The zero-order valence-electron chi connectivity index (χ0n) is 9.02. The van der Waals surface area contributed by atoms with Crippen LogP contribution in [0, 0.1) is 6.92 Å². The molecule has 0 aliphatic heterocycles. The van der Waals surface area contributed by atoms with Gasteiger partial charge in [0.2, 0.25) is 0 Å². The topological polar surface area (TPSA) is 63.8 Å². The summed E-state index contributed by atoms with van der Waals surface area (Å²) in [5.74, 6) is -1.78. The van der Waals surface area contributed by atoms with Crippen molar-refractivity contribution in [3.8, 4) is 5.75 Å². The molecule has 2 heterocycles. The van der Waals surface area contributed by atoms with Crippen LogP contribution in [-0.4, -0.2) is 26.8 Å². The summed E-state index contributed by atoms with van der Waals surface area (Å²) in [7, 11) is 0. The van der Waals surface area contributed by atoms with Crippen molar-refractivity contribution in [3.05, 3.63) is 29.7 Å². The van der Waals surface area contributed by atoms with E-state index in [-0.39, 0.29) is 17.0 Å². The number of hydrogen-bond acceptors (Lipinski definition) is 3. The molecular weight excluding hydrogens is 253 g/mol. The maximum atomic E-state index is 12.0. The van der Waals surface area contributed by atoms with Gasteiger partial charge in [-0.25, -0.2) is 9.78 Å². The number of alkyl halides is 3. The van der Waals surface area contributed by atoms with Crippen molar-refractivity contribution in [2.24, 2.45) is 0 Å². The van der Waals surface area contributed by atoms with Gasteiger partial charge in [-0.05, 0) is 19.1 Å². The van der Waals surface area contributed by atoms with Crippen LogP contribution in [0.15, 0.2) is 18.3 Å². The van der Waals surface area contributed by atoms with E-state index in [2.05, 4.69) is 9.72 Å². The molecule has 2 aromatic heterocycles. The second kappa shape index (κ2) is 3.90. The molecule has 8 heteroatoms. The third-order valence-corrected chi connectivity index (χ3v) is 2.20. The predicted octanol–water partition coefficient (Wildman–Crippen LogP) is 2.24. The lowest BCUT2D eigenvalue weighted by Crippen LogP contribution is -2.17. The maximum Gasteiger partial charge on any atom is 0.573 e. The Morgan fingerprint density at radius 1 is 1.44 bits per heavy atom. The second-order valence-corrected chi connectivity index (χ2v) is 3.49. The highest BCUT2D eigenvalue weighted by molar-refractivity contribution is 5.88. The molecular formula is C10H7F3N2O3. The summed E-state index contributed by atoms with van der Waals surface area (Å²) in [4.78, 5) is 14.9. The number of aryl methyl sites for hydroxylation is 1. The number of nitrogens with zero attached hydrogens (tertiary/aromatic N) is 2. The van der Waals surface area contributed by atoms with Gasteiger partial charge in [-0.2, -0.15) is 0 Å². The van der Waals surface area contributed by atoms with Crippen LogP contribution in [0.5, 0.6) is 5.75 Å². The van der Waals surface area contributed by atoms with Crippen molar-refractivity contribution in [3.63, 3.8) is 0 Å². The van der Waals surface area contributed by atoms with Crippen LogP contribution in [-0.2, 0) is 0 Å². The van der Waals surface area contributed by atoms with Crippen LogP contribution in [0.1, 0.15) is 16.2 Å². The van der Waals surface area contributed by atoms with Crippen molar-refractivity contribution < 1.29 is 27.8 Å². The van der Waals surface area contributed by atoms with E-state index in [1.807, 2.05) is 0 Å². The highest BCUT2D eigenvalue weighted by Gasteiger charge is 2.31. The van der Waals surface area contributed by atoms with Gasteiger partial charge in [-0.15, -0.1) is 13.2 Å². The SMILES string of the molecule is Cc1nc2ccc(OC(F)(F)F)cn2c1C(=O)O. The number of ether oxygens (including phenoxy) is 1. The Kier molecular flexibility index (Phi) is 2.64. The average Bonchev–Trinajstić information content (AvgIpc) is 2.50. The minimum atomic E-state index is -4.83. The molecule has 18 heavy (non-hydrogen) atoms. The van der Waals surface area contributed by atoms with E-state index >= 15 is 0 Å². The number of carboxylic acids is 1. The molecule has 1 N–H and O–H groups in total. The van der Waals surface area contributed by atoms with Crippen molar-refractivity contribution in [2.45, 2.75) is 13.3 Å². The van der Waals surface area contributed by atoms with Crippen molar-refractivity contribution in [2.75, 3.05) is 0 Å². The minimum Gasteiger partial charge on any atom is -0.477 e. The first-order valence-corrected chi connectivity index (χ1v) is 4.75. The van der Waals surface area contributed by atoms with Crippen molar-refractivity contribution in [1.82, 2.24) is 9.38 Å². The maximum absolute atomic E-state index is 12.0. The molecule has 0 amide bonds. The third kappa shape index (κ3) is 2.22. The monoisotopic (exact) mass is 260 g/mol. The summed E-state index contributed by atoms with van der Waals surface area (Å²) in [6, 6.07) is 2.32. The molecule has 2 aromatic rings. The Balaban J connectivity index is 2.56. The Hall–Kier alpha value is -2.25. The molecule has 0 bridgehead atoms. The quantitative estimate of drug-likeness (QED) is 0.899. The Labute approximate surface area is 98.4 Å². The number of fused-ring (bicyclic) bond motifs is 1. The van der Waals surface area contributed by atoms with Gasteiger partial charge < -0.3 is 9.84 Å². The number of rotatable bonds is 2. The number of aromatic carboxylic acids is 1. The highest BCUT2D eigenvalue weighted by atomic mass is 19.4. The number of pyridine rings is 1. The molecule has 0 aliphatic rings. The zero-order valence-corrected chi connectivity index (χ0v) is 9.02. The Morgan fingerprint density at radius 3 is 2.67 bits per heavy atom. The zero-order chi connectivity index (χ0) is 13.5. The van der Waals surface area contributed by atoms with Gasteiger partial charge in [-0.1, -0.05) is 0 Å². The standard InChI is InChI=1S/C10H7F3N2O3/c1-5-8(9(16)17)15-4-6(18-10(11,12)13)2-3-7(15)14-5/h2-4H,1H3,(H,16,17).